The van der Waals surface area contributed by atoms with Gasteiger partial charge in [-0.15, -0.1) is 12.4 Å². The lowest BCUT2D eigenvalue weighted by Crippen LogP contribution is -2.49. The normalized spacial score (nSPS) is 29.9. The van der Waals surface area contributed by atoms with Gasteiger partial charge in [0.25, 0.3) is 0 Å². The Morgan fingerprint density at radius 1 is 1.39 bits per heavy atom. The molecule has 1 aliphatic heterocycles. The molecule has 2 aliphatic rings. The molecule has 1 aromatic rings. The third-order valence-electron chi connectivity index (χ3n) is 6.06. The average molecular weight is 336 g/mol. The van der Waals surface area contributed by atoms with Crippen molar-refractivity contribution in [1.29, 1.82) is 0 Å². The summed E-state index contributed by atoms with van der Waals surface area (Å²) in [6.45, 7) is 11.5. The number of allylic oxidation sites excluding steroid dienone is 1. The van der Waals surface area contributed by atoms with Gasteiger partial charge in [-0.1, -0.05) is 31.6 Å². The lowest BCUT2D eigenvalue weighted by atomic mass is 9.61. The average Bonchev–Trinajstić information content (AvgIpc) is 2.54. The predicted molar refractivity (Wildman–Crippen MR) is 99.6 cm³/mol. The second kappa shape index (κ2) is 6.86. The van der Waals surface area contributed by atoms with Gasteiger partial charge in [0.1, 0.15) is 5.75 Å². The maximum absolute atomic E-state index is 9.94. The summed E-state index contributed by atoms with van der Waals surface area (Å²) in [6, 6.07) is 6.63. The summed E-state index contributed by atoms with van der Waals surface area (Å²) >= 11 is 0. The van der Waals surface area contributed by atoms with Crippen molar-refractivity contribution in [3.63, 3.8) is 0 Å². The highest BCUT2D eigenvalue weighted by atomic mass is 35.5. The summed E-state index contributed by atoms with van der Waals surface area (Å²) in [5.74, 6) is 1.03. The molecular formula is C20H30ClNO. The minimum absolute atomic E-state index is 0. The van der Waals surface area contributed by atoms with E-state index in [-0.39, 0.29) is 17.8 Å². The summed E-state index contributed by atoms with van der Waals surface area (Å²) in [5.41, 5.74) is 4.42. The predicted octanol–water partition coefficient (Wildman–Crippen LogP) is 4.69. The first kappa shape index (κ1) is 18.4. The summed E-state index contributed by atoms with van der Waals surface area (Å²) in [5, 5.41) is 9.94. The first-order chi connectivity index (χ1) is 10.4. The zero-order valence-corrected chi connectivity index (χ0v) is 15.6. The van der Waals surface area contributed by atoms with Crippen LogP contribution in [0.15, 0.2) is 29.8 Å². The van der Waals surface area contributed by atoms with Crippen LogP contribution in [-0.4, -0.2) is 29.1 Å². The number of nitrogens with zero attached hydrogens (tertiary/aromatic N) is 1. The highest BCUT2D eigenvalue weighted by molar-refractivity contribution is 5.85. The number of benzene rings is 1. The highest BCUT2D eigenvalue weighted by Gasteiger charge is 2.46. The molecule has 0 spiro atoms. The van der Waals surface area contributed by atoms with Crippen molar-refractivity contribution in [3.8, 4) is 5.75 Å². The van der Waals surface area contributed by atoms with Crippen molar-refractivity contribution in [2.45, 2.75) is 58.4 Å². The van der Waals surface area contributed by atoms with E-state index in [0.29, 0.717) is 17.7 Å². The monoisotopic (exact) mass is 335 g/mol. The van der Waals surface area contributed by atoms with Gasteiger partial charge in [-0.2, -0.15) is 0 Å². The number of phenolic OH excluding ortho intramolecular Hbond substituents is 1. The zero-order valence-electron chi connectivity index (χ0n) is 14.8. The van der Waals surface area contributed by atoms with E-state index in [1.54, 1.807) is 0 Å². The third kappa shape index (κ3) is 3.29. The lowest BCUT2D eigenvalue weighted by molar-refractivity contribution is 0.130. The molecule has 0 amide bonds. The minimum Gasteiger partial charge on any atom is -0.508 e. The number of rotatable bonds is 2. The fourth-order valence-corrected chi connectivity index (χ4v) is 4.50. The maximum atomic E-state index is 9.94. The van der Waals surface area contributed by atoms with E-state index >= 15 is 0 Å². The van der Waals surface area contributed by atoms with Crippen LogP contribution in [0.3, 0.4) is 0 Å². The van der Waals surface area contributed by atoms with E-state index < -0.39 is 0 Å². The third-order valence-corrected chi connectivity index (χ3v) is 6.06. The van der Waals surface area contributed by atoms with Gasteiger partial charge in [0.15, 0.2) is 0 Å². The van der Waals surface area contributed by atoms with Crippen LogP contribution >= 0.6 is 12.4 Å². The number of halogens is 1. The topological polar surface area (TPSA) is 23.5 Å². The molecule has 2 nitrogen and oxygen atoms in total. The van der Waals surface area contributed by atoms with Gasteiger partial charge < -0.3 is 5.11 Å². The van der Waals surface area contributed by atoms with E-state index in [4.69, 9.17) is 0 Å². The molecule has 0 saturated carbocycles. The van der Waals surface area contributed by atoms with E-state index in [0.717, 1.165) is 13.0 Å². The van der Waals surface area contributed by atoms with Gasteiger partial charge in [-0.25, -0.2) is 0 Å². The van der Waals surface area contributed by atoms with Crippen LogP contribution in [0.25, 0.3) is 0 Å². The molecule has 3 atom stereocenters. The fraction of sp³-hybridized carbons (Fsp3) is 0.600. The van der Waals surface area contributed by atoms with Crippen molar-refractivity contribution in [2.24, 2.45) is 5.92 Å². The smallest absolute Gasteiger partial charge is 0.115 e. The van der Waals surface area contributed by atoms with Crippen LogP contribution in [-0.2, 0) is 11.8 Å². The fourth-order valence-electron chi connectivity index (χ4n) is 4.50. The van der Waals surface area contributed by atoms with E-state index in [9.17, 15) is 5.11 Å². The molecule has 23 heavy (non-hydrogen) atoms. The van der Waals surface area contributed by atoms with Crippen LogP contribution < -0.4 is 0 Å². The molecule has 1 fully saturated rings. The molecule has 1 N–H and O–H groups in total. The van der Waals surface area contributed by atoms with Crippen LogP contribution in [0.4, 0.5) is 0 Å². The van der Waals surface area contributed by atoms with Crippen molar-refractivity contribution in [1.82, 2.24) is 4.90 Å². The van der Waals surface area contributed by atoms with E-state index in [1.807, 2.05) is 12.1 Å². The molecular weight excluding hydrogens is 306 g/mol. The van der Waals surface area contributed by atoms with Gasteiger partial charge in [0.05, 0.1) is 0 Å². The number of hydrogen-bond donors (Lipinski definition) is 1. The van der Waals surface area contributed by atoms with Crippen molar-refractivity contribution < 1.29 is 5.11 Å². The first-order valence-corrected chi connectivity index (χ1v) is 8.61. The van der Waals surface area contributed by atoms with Crippen LogP contribution in [0.1, 0.15) is 51.7 Å². The molecule has 1 aliphatic carbocycles. The van der Waals surface area contributed by atoms with E-state index in [1.165, 1.54) is 36.1 Å². The first-order valence-electron chi connectivity index (χ1n) is 8.61. The molecule has 0 radical (unpaired) electrons. The number of fused-ring (bicyclic) bond motifs is 4. The SMILES string of the molecule is CC(C)=CCN1CCC[C@@]2(C)c3cc(O)ccc3C[C@@H]1[C@@H]2C.Cl. The standard InChI is InChI=1S/C20H29NO.ClH/c1-14(2)8-11-21-10-5-9-20(4)15(3)19(21)12-16-6-7-17(22)13-18(16)20;/h6-8,13,15,19,22H,5,9-12H2,1-4H3;1H/t15-,19+,20+;/m0./s1. The highest BCUT2D eigenvalue weighted by Crippen LogP contribution is 2.48. The molecule has 2 bridgehead atoms. The van der Waals surface area contributed by atoms with Gasteiger partial charge in [0, 0.05) is 12.6 Å². The van der Waals surface area contributed by atoms with Gasteiger partial charge in [-0.05, 0) is 74.2 Å². The Bertz CT molecular complexity index is 593. The Hall–Kier alpha value is -0.990. The Kier molecular flexibility index (Phi) is 5.48. The van der Waals surface area contributed by atoms with Crippen molar-refractivity contribution >= 4 is 12.4 Å². The van der Waals surface area contributed by atoms with Crippen molar-refractivity contribution in [2.75, 3.05) is 13.1 Å². The summed E-state index contributed by atoms with van der Waals surface area (Å²) in [4.78, 5) is 2.68. The second-order valence-corrected chi connectivity index (χ2v) is 7.70. The van der Waals surface area contributed by atoms with Gasteiger partial charge in [0.2, 0.25) is 0 Å². The molecule has 0 unspecified atom stereocenters. The number of likely N-dealkylation sites (tertiary alicyclic amines) is 1. The summed E-state index contributed by atoms with van der Waals surface area (Å²) < 4.78 is 0. The van der Waals surface area contributed by atoms with Crippen LogP contribution in [0.2, 0.25) is 0 Å². The van der Waals surface area contributed by atoms with Crippen LogP contribution in [0.5, 0.6) is 5.75 Å². The number of hydrogen-bond acceptors (Lipinski definition) is 2. The van der Waals surface area contributed by atoms with Gasteiger partial charge in [-0.3, -0.25) is 4.90 Å². The number of phenols is 1. The Balaban J connectivity index is 0.00000192. The van der Waals surface area contributed by atoms with Gasteiger partial charge >= 0.3 is 0 Å². The Morgan fingerprint density at radius 2 is 2.13 bits per heavy atom. The molecule has 128 valence electrons. The number of aromatic hydroxyl groups is 1. The molecule has 1 heterocycles. The summed E-state index contributed by atoms with van der Waals surface area (Å²) in [7, 11) is 0. The molecule has 1 saturated heterocycles. The molecule has 0 aromatic heterocycles. The Labute approximate surface area is 147 Å². The summed E-state index contributed by atoms with van der Waals surface area (Å²) in [6.07, 6.45) is 5.93. The zero-order chi connectivity index (χ0) is 15.9. The lowest BCUT2D eigenvalue weighted by Gasteiger charge is -2.47. The quantitative estimate of drug-likeness (QED) is 0.792. The molecule has 3 heteroatoms. The largest absolute Gasteiger partial charge is 0.508 e. The Morgan fingerprint density at radius 3 is 2.83 bits per heavy atom. The maximum Gasteiger partial charge on any atom is 0.115 e. The van der Waals surface area contributed by atoms with E-state index in [2.05, 4.69) is 44.7 Å². The minimum atomic E-state index is 0. The van der Waals surface area contributed by atoms with Crippen molar-refractivity contribution in [3.05, 3.63) is 41.0 Å². The molecule has 3 rings (SSSR count). The molecule has 1 aromatic carbocycles. The second-order valence-electron chi connectivity index (χ2n) is 7.70. The van der Waals surface area contributed by atoms with Crippen LogP contribution in [0, 0.1) is 5.92 Å².